The molecule has 25 heavy (non-hydrogen) atoms. The van der Waals surface area contributed by atoms with Crippen LogP contribution in [0.5, 0.6) is 0 Å². The van der Waals surface area contributed by atoms with E-state index in [0.29, 0.717) is 5.76 Å². The van der Waals surface area contributed by atoms with Crippen molar-refractivity contribution in [2.75, 3.05) is 0 Å². The summed E-state index contributed by atoms with van der Waals surface area (Å²) >= 11 is 0. The summed E-state index contributed by atoms with van der Waals surface area (Å²) < 4.78 is 17.3. The highest BCUT2D eigenvalue weighted by Gasteiger charge is 2.59. The van der Waals surface area contributed by atoms with Gasteiger partial charge in [0.2, 0.25) is 0 Å². The number of carbonyl (C=O) groups excluding carboxylic acids is 1. The summed E-state index contributed by atoms with van der Waals surface area (Å²) in [5, 5.41) is 3.39. The molecule has 0 radical (unpaired) electrons. The number of nitroso groups, excluding NO2 is 1. The third kappa shape index (κ3) is 2.62. The van der Waals surface area contributed by atoms with E-state index in [4.69, 9.17) is 13.9 Å². The second-order valence-corrected chi connectivity index (χ2v) is 6.95. The smallest absolute Gasteiger partial charge is 0.191 e. The molecule has 2 fully saturated rings. The number of furan rings is 1. The summed E-state index contributed by atoms with van der Waals surface area (Å²) in [5.41, 5.74) is 0.846. The van der Waals surface area contributed by atoms with Crippen LogP contribution in [-0.2, 0) is 14.3 Å². The number of fused-ring (bicyclic) bond motifs is 2. The molecule has 6 heteroatoms. The number of ether oxygens (including phenoxy) is 2. The summed E-state index contributed by atoms with van der Waals surface area (Å²) in [6.45, 7) is 3.55. The van der Waals surface area contributed by atoms with Gasteiger partial charge in [-0.2, -0.15) is 4.91 Å². The number of ketones is 1. The third-order valence-electron chi connectivity index (χ3n) is 4.95. The minimum absolute atomic E-state index is 0.172. The predicted octanol–water partition coefficient (Wildman–Crippen LogP) is 3.38. The molecule has 1 saturated heterocycles. The average Bonchev–Trinajstić information content (AvgIpc) is 3.11. The second kappa shape index (κ2) is 5.89. The van der Waals surface area contributed by atoms with E-state index in [-0.39, 0.29) is 5.78 Å². The predicted molar refractivity (Wildman–Crippen MR) is 89.0 cm³/mol. The van der Waals surface area contributed by atoms with Gasteiger partial charge in [-0.25, -0.2) is 0 Å². The molecule has 1 aromatic carbocycles. The zero-order chi connectivity index (χ0) is 17.6. The summed E-state index contributed by atoms with van der Waals surface area (Å²) in [5.74, 6) is -1.64. The maximum Gasteiger partial charge on any atom is 0.191 e. The van der Waals surface area contributed by atoms with Crippen molar-refractivity contribution in [1.82, 2.24) is 0 Å². The van der Waals surface area contributed by atoms with Crippen LogP contribution in [0.15, 0.2) is 58.3 Å². The summed E-state index contributed by atoms with van der Waals surface area (Å²) in [7, 11) is 0. The first kappa shape index (κ1) is 16.2. The highest BCUT2D eigenvalue weighted by atomic mass is 16.7. The van der Waals surface area contributed by atoms with Crippen LogP contribution in [0.1, 0.15) is 37.0 Å². The van der Waals surface area contributed by atoms with Crippen LogP contribution in [0.25, 0.3) is 0 Å². The zero-order valence-corrected chi connectivity index (χ0v) is 14.0. The number of nitrogens with zero attached hydrogens (tertiary/aromatic N) is 1. The van der Waals surface area contributed by atoms with Crippen LogP contribution in [0.4, 0.5) is 0 Å². The van der Waals surface area contributed by atoms with Crippen LogP contribution in [-0.4, -0.2) is 29.8 Å². The van der Waals surface area contributed by atoms with Gasteiger partial charge < -0.3 is 13.9 Å². The molecule has 0 amide bonds. The molecular weight excluding hydrogens is 322 g/mol. The normalized spacial score (nSPS) is 33.8. The Hall–Kier alpha value is -2.31. The number of Topliss-reactive ketones (excluding diaryl/α,β-unsaturated/α-hetero) is 1. The van der Waals surface area contributed by atoms with Gasteiger partial charge in [0.25, 0.3) is 0 Å². The Balaban J connectivity index is 1.87. The molecular formula is C19H19NO5. The lowest BCUT2D eigenvalue weighted by Gasteiger charge is -2.50. The molecule has 2 heterocycles. The average molecular weight is 341 g/mol. The summed E-state index contributed by atoms with van der Waals surface area (Å²) in [6, 6.07) is 12.2. The number of carbonyl (C=O) groups is 1. The van der Waals surface area contributed by atoms with Gasteiger partial charge in [0.05, 0.1) is 12.2 Å². The lowest BCUT2D eigenvalue weighted by molar-refractivity contribution is -0.297. The van der Waals surface area contributed by atoms with Crippen LogP contribution in [0.2, 0.25) is 0 Å². The molecule has 6 nitrogen and oxygen atoms in total. The van der Waals surface area contributed by atoms with E-state index in [1.165, 1.54) is 6.26 Å². The molecule has 4 rings (SSSR count). The maximum absolute atomic E-state index is 13.0. The molecule has 2 aromatic rings. The van der Waals surface area contributed by atoms with E-state index in [1.54, 1.807) is 26.0 Å². The van der Waals surface area contributed by atoms with E-state index >= 15 is 0 Å². The van der Waals surface area contributed by atoms with Gasteiger partial charge in [0, 0.05) is 5.92 Å². The molecule has 2 bridgehead atoms. The van der Waals surface area contributed by atoms with E-state index in [0.717, 1.165) is 5.56 Å². The molecule has 0 N–H and O–H groups in total. The van der Waals surface area contributed by atoms with Gasteiger partial charge in [-0.05, 0) is 31.5 Å². The molecule has 0 spiro atoms. The molecule has 1 saturated carbocycles. The van der Waals surface area contributed by atoms with Crippen molar-refractivity contribution in [3.63, 3.8) is 0 Å². The monoisotopic (exact) mass is 341 g/mol. The SMILES string of the molecule is CC1(C)OC2C(=O)C(O1)C(c1ccco1)C(N=O)C2c1ccccc1. The lowest BCUT2D eigenvalue weighted by Crippen LogP contribution is -2.62. The fourth-order valence-corrected chi connectivity index (χ4v) is 3.98. The Morgan fingerprint density at radius 1 is 0.960 bits per heavy atom. The van der Waals surface area contributed by atoms with Crippen LogP contribution >= 0.6 is 0 Å². The Bertz CT molecular complexity index is 770. The Morgan fingerprint density at radius 2 is 1.64 bits per heavy atom. The van der Waals surface area contributed by atoms with E-state index in [2.05, 4.69) is 5.18 Å². The van der Waals surface area contributed by atoms with Crippen LogP contribution < -0.4 is 0 Å². The largest absolute Gasteiger partial charge is 0.469 e. The van der Waals surface area contributed by atoms with Crippen molar-refractivity contribution in [3.8, 4) is 0 Å². The minimum atomic E-state index is -0.936. The highest BCUT2D eigenvalue weighted by molar-refractivity contribution is 5.91. The summed E-state index contributed by atoms with van der Waals surface area (Å²) in [4.78, 5) is 24.8. The summed E-state index contributed by atoms with van der Waals surface area (Å²) in [6.07, 6.45) is -0.0666. The lowest BCUT2D eigenvalue weighted by atomic mass is 9.68. The van der Waals surface area contributed by atoms with E-state index in [9.17, 15) is 9.70 Å². The topological polar surface area (TPSA) is 78.1 Å². The Kier molecular flexibility index (Phi) is 3.81. The van der Waals surface area contributed by atoms with Gasteiger partial charge >= 0.3 is 0 Å². The zero-order valence-electron chi connectivity index (χ0n) is 14.0. The van der Waals surface area contributed by atoms with Crippen molar-refractivity contribution in [2.24, 2.45) is 5.18 Å². The van der Waals surface area contributed by atoms with Crippen LogP contribution in [0.3, 0.4) is 0 Å². The van der Waals surface area contributed by atoms with E-state index in [1.807, 2.05) is 30.3 Å². The molecule has 130 valence electrons. The standard InChI is InChI=1S/C19H19NO5/c1-19(2)24-17-13(11-7-4-3-5-8-11)15(20-22)14(12-9-6-10-23-12)18(25-19)16(17)21/h3-10,13-15,17-18H,1-2H3. The first-order valence-electron chi connectivity index (χ1n) is 8.32. The number of benzene rings is 1. The number of hydrogen-bond acceptors (Lipinski definition) is 6. The molecule has 5 atom stereocenters. The van der Waals surface area contributed by atoms with Gasteiger partial charge in [-0.3, -0.25) is 4.79 Å². The van der Waals surface area contributed by atoms with Crippen molar-refractivity contribution in [1.29, 1.82) is 0 Å². The van der Waals surface area contributed by atoms with Crippen molar-refractivity contribution in [3.05, 3.63) is 65.0 Å². The van der Waals surface area contributed by atoms with Crippen LogP contribution in [0, 0.1) is 4.91 Å². The molecule has 1 aliphatic heterocycles. The van der Waals surface area contributed by atoms with Gasteiger partial charge in [-0.1, -0.05) is 35.5 Å². The first-order valence-corrected chi connectivity index (χ1v) is 8.32. The highest BCUT2D eigenvalue weighted by Crippen LogP contribution is 2.49. The molecule has 1 aromatic heterocycles. The van der Waals surface area contributed by atoms with Gasteiger partial charge in [0.1, 0.15) is 24.0 Å². The molecule has 1 aliphatic carbocycles. The molecule has 5 unspecified atom stereocenters. The minimum Gasteiger partial charge on any atom is -0.469 e. The van der Waals surface area contributed by atoms with Crippen molar-refractivity contribution >= 4 is 5.78 Å². The Labute approximate surface area is 145 Å². The fraction of sp³-hybridized carbons (Fsp3) is 0.421. The fourth-order valence-electron chi connectivity index (χ4n) is 3.98. The maximum atomic E-state index is 13.0. The van der Waals surface area contributed by atoms with Crippen molar-refractivity contribution in [2.45, 2.75) is 49.7 Å². The second-order valence-electron chi connectivity index (χ2n) is 6.95. The third-order valence-corrected chi connectivity index (χ3v) is 4.95. The quantitative estimate of drug-likeness (QED) is 0.800. The number of hydrogen-bond donors (Lipinski definition) is 0. The Morgan fingerprint density at radius 3 is 2.24 bits per heavy atom. The van der Waals surface area contributed by atoms with Gasteiger partial charge in [0.15, 0.2) is 11.6 Å². The first-order chi connectivity index (χ1) is 12.0. The van der Waals surface area contributed by atoms with Gasteiger partial charge in [-0.15, -0.1) is 0 Å². The molecule has 2 aliphatic rings. The van der Waals surface area contributed by atoms with E-state index < -0.39 is 35.9 Å². The van der Waals surface area contributed by atoms with Crippen molar-refractivity contribution < 1.29 is 18.7 Å². The number of rotatable bonds is 3.